The van der Waals surface area contributed by atoms with E-state index in [9.17, 15) is 4.79 Å². The van der Waals surface area contributed by atoms with E-state index in [1.807, 2.05) is 24.0 Å². The summed E-state index contributed by atoms with van der Waals surface area (Å²) in [4.78, 5) is 21.2. The lowest BCUT2D eigenvalue weighted by atomic mass is 10.2. The van der Waals surface area contributed by atoms with Gasteiger partial charge in [0.2, 0.25) is 0 Å². The van der Waals surface area contributed by atoms with Crippen molar-refractivity contribution in [1.29, 1.82) is 0 Å². The van der Waals surface area contributed by atoms with Crippen LogP contribution in [0.15, 0.2) is 18.3 Å². The van der Waals surface area contributed by atoms with Crippen LogP contribution in [-0.2, 0) is 0 Å². The molecule has 2 heterocycles. The molecule has 0 unspecified atom stereocenters. The Kier molecular flexibility index (Phi) is 4.95. The maximum atomic E-state index is 12.6. The zero-order valence-corrected chi connectivity index (χ0v) is 12.6. The SMILES string of the molecule is CCNc1ncccc1C(=O)N1CCN(C(C)C)CC1. The second-order valence-electron chi connectivity index (χ2n) is 5.35. The lowest BCUT2D eigenvalue weighted by molar-refractivity contribution is 0.0596. The summed E-state index contributed by atoms with van der Waals surface area (Å²) in [7, 11) is 0. The molecule has 110 valence electrons. The molecule has 1 aromatic heterocycles. The third-order valence-electron chi connectivity index (χ3n) is 3.71. The second-order valence-corrected chi connectivity index (χ2v) is 5.35. The molecule has 0 saturated carbocycles. The van der Waals surface area contributed by atoms with Crippen LogP contribution in [-0.4, -0.2) is 59.5 Å². The highest BCUT2D eigenvalue weighted by atomic mass is 16.2. The van der Waals surface area contributed by atoms with E-state index in [1.165, 1.54) is 0 Å². The van der Waals surface area contributed by atoms with Gasteiger partial charge in [-0.25, -0.2) is 4.98 Å². The summed E-state index contributed by atoms with van der Waals surface area (Å²) in [6, 6.07) is 4.21. The summed E-state index contributed by atoms with van der Waals surface area (Å²) in [5.74, 6) is 0.767. The van der Waals surface area contributed by atoms with Gasteiger partial charge in [0.25, 0.3) is 5.91 Å². The smallest absolute Gasteiger partial charge is 0.257 e. The molecule has 0 atom stereocenters. The Labute approximate surface area is 121 Å². The molecular formula is C15H24N4O. The summed E-state index contributed by atoms with van der Waals surface area (Å²) >= 11 is 0. The lowest BCUT2D eigenvalue weighted by Crippen LogP contribution is -2.50. The monoisotopic (exact) mass is 276 g/mol. The molecule has 1 aliphatic rings. The zero-order valence-electron chi connectivity index (χ0n) is 12.6. The maximum absolute atomic E-state index is 12.6. The van der Waals surface area contributed by atoms with Gasteiger partial charge >= 0.3 is 0 Å². The molecule has 0 aliphatic carbocycles. The third kappa shape index (κ3) is 3.28. The topological polar surface area (TPSA) is 48.5 Å². The van der Waals surface area contributed by atoms with Gasteiger partial charge in [-0.15, -0.1) is 0 Å². The fourth-order valence-electron chi connectivity index (χ4n) is 2.50. The molecule has 1 saturated heterocycles. The normalized spacial score (nSPS) is 16.5. The number of carbonyl (C=O) groups is 1. The van der Waals surface area contributed by atoms with E-state index in [1.54, 1.807) is 6.20 Å². The molecule has 1 amide bonds. The van der Waals surface area contributed by atoms with E-state index < -0.39 is 0 Å². The molecule has 0 bridgehead atoms. The summed E-state index contributed by atoms with van der Waals surface area (Å²) in [6.07, 6.45) is 1.71. The summed E-state index contributed by atoms with van der Waals surface area (Å²) in [5, 5.41) is 3.15. The van der Waals surface area contributed by atoms with Gasteiger partial charge in [-0.1, -0.05) is 0 Å². The summed E-state index contributed by atoms with van der Waals surface area (Å²) < 4.78 is 0. The second kappa shape index (κ2) is 6.70. The van der Waals surface area contributed by atoms with Gasteiger partial charge in [-0.2, -0.15) is 0 Å². The van der Waals surface area contributed by atoms with Crippen LogP contribution in [0.25, 0.3) is 0 Å². The molecule has 1 N–H and O–H groups in total. The number of rotatable bonds is 4. The number of piperazine rings is 1. The molecule has 2 rings (SSSR count). The van der Waals surface area contributed by atoms with E-state index >= 15 is 0 Å². The summed E-state index contributed by atoms with van der Waals surface area (Å²) in [5.41, 5.74) is 0.673. The van der Waals surface area contributed by atoms with Crippen molar-refractivity contribution in [2.75, 3.05) is 38.0 Å². The number of nitrogens with zero attached hydrogens (tertiary/aromatic N) is 3. The first-order chi connectivity index (χ1) is 9.63. The lowest BCUT2D eigenvalue weighted by Gasteiger charge is -2.37. The van der Waals surface area contributed by atoms with Crippen LogP contribution in [0.3, 0.4) is 0 Å². The Morgan fingerprint density at radius 3 is 2.65 bits per heavy atom. The van der Waals surface area contributed by atoms with Gasteiger partial charge in [0.05, 0.1) is 5.56 Å². The van der Waals surface area contributed by atoms with Crippen LogP contribution >= 0.6 is 0 Å². The fraction of sp³-hybridized carbons (Fsp3) is 0.600. The highest BCUT2D eigenvalue weighted by Gasteiger charge is 2.24. The third-order valence-corrected chi connectivity index (χ3v) is 3.71. The van der Waals surface area contributed by atoms with Crippen LogP contribution in [0.5, 0.6) is 0 Å². The molecule has 1 aliphatic heterocycles. The molecule has 0 spiro atoms. The minimum Gasteiger partial charge on any atom is -0.370 e. The quantitative estimate of drug-likeness (QED) is 0.909. The van der Waals surface area contributed by atoms with Crippen molar-refractivity contribution in [3.8, 4) is 0 Å². The van der Waals surface area contributed by atoms with Gasteiger partial charge in [-0.3, -0.25) is 9.69 Å². The zero-order chi connectivity index (χ0) is 14.5. The summed E-state index contributed by atoms with van der Waals surface area (Å²) in [6.45, 7) is 10.6. The fourth-order valence-corrected chi connectivity index (χ4v) is 2.50. The van der Waals surface area contributed by atoms with Crippen molar-refractivity contribution < 1.29 is 4.79 Å². The molecular weight excluding hydrogens is 252 g/mol. The number of hydrogen-bond acceptors (Lipinski definition) is 4. The number of aromatic nitrogens is 1. The number of amides is 1. The average Bonchev–Trinajstić information content (AvgIpc) is 2.47. The van der Waals surface area contributed by atoms with Gasteiger partial charge < -0.3 is 10.2 Å². The first-order valence-corrected chi connectivity index (χ1v) is 7.35. The Morgan fingerprint density at radius 1 is 1.35 bits per heavy atom. The van der Waals surface area contributed by atoms with Crippen LogP contribution in [0.4, 0.5) is 5.82 Å². The van der Waals surface area contributed by atoms with E-state index in [0.717, 1.165) is 32.7 Å². The van der Waals surface area contributed by atoms with Gasteiger partial charge in [0.15, 0.2) is 0 Å². The number of pyridine rings is 1. The Bertz CT molecular complexity index is 453. The minimum absolute atomic E-state index is 0.0810. The highest BCUT2D eigenvalue weighted by molar-refractivity contribution is 5.98. The van der Waals surface area contributed by atoms with Crippen LogP contribution in [0.1, 0.15) is 31.1 Å². The highest BCUT2D eigenvalue weighted by Crippen LogP contribution is 2.16. The molecule has 5 nitrogen and oxygen atoms in total. The number of nitrogens with one attached hydrogen (secondary N) is 1. The van der Waals surface area contributed by atoms with Crippen molar-refractivity contribution >= 4 is 11.7 Å². The van der Waals surface area contributed by atoms with Gasteiger partial charge in [-0.05, 0) is 32.9 Å². The maximum Gasteiger partial charge on any atom is 0.257 e. The van der Waals surface area contributed by atoms with Gasteiger partial charge in [0.1, 0.15) is 5.82 Å². The van der Waals surface area contributed by atoms with Crippen molar-refractivity contribution in [3.05, 3.63) is 23.9 Å². The van der Waals surface area contributed by atoms with Crippen molar-refractivity contribution in [2.45, 2.75) is 26.8 Å². The number of anilines is 1. The van der Waals surface area contributed by atoms with Crippen LogP contribution in [0.2, 0.25) is 0 Å². The Hall–Kier alpha value is -1.62. The number of carbonyl (C=O) groups excluding carboxylic acids is 1. The van der Waals surface area contributed by atoms with Crippen LogP contribution < -0.4 is 5.32 Å². The molecule has 1 fully saturated rings. The molecule has 1 aromatic rings. The van der Waals surface area contributed by atoms with E-state index in [2.05, 4.69) is 29.0 Å². The predicted octanol–water partition coefficient (Wildman–Crippen LogP) is 1.68. The minimum atomic E-state index is 0.0810. The first kappa shape index (κ1) is 14.8. The van der Waals surface area contributed by atoms with E-state index in [4.69, 9.17) is 0 Å². The van der Waals surface area contributed by atoms with Gasteiger partial charge in [0, 0.05) is 45.0 Å². The molecule has 5 heteroatoms. The Balaban J connectivity index is 2.05. The van der Waals surface area contributed by atoms with Crippen molar-refractivity contribution in [3.63, 3.8) is 0 Å². The van der Waals surface area contributed by atoms with Crippen LogP contribution in [0, 0.1) is 0 Å². The van der Waals surface area contributed by atoms with E-state index in [0.29, 0.717) is 17.4 Å². The molecule has 0 aromatic carbocycles. The first-order valence-electron chi connectivity index (χ1n) is 7.35. The standard InChI is InChI=1S/C15H24N4O/c1-4-16-14-13(6-5-7-17-14)15(20)19-10-8-18(9-11-19)12(2)3/h5-7,12H,4,8-11H2,1-3H3,(H,16,17). The Morgan fingerprint density at radius 2 is 2.05 bits per heavy atom. The average molecular weight is 276 g/mol. The molecule has 20 heavy (non-hydrogen) atoms. The predicted molar refractivity (Wildman–Crippen MR) is 81.0 cm³/mol. The van der Waals surface area contributed by atoms with Crippen molar-refractivity contribution in [1.82, 2.24) is 14.8 Å². The molecule has 0 radical (unpaired) electrons. The van der Waals surface area contributed by atoms with E-state index in [-0.39, 0.29) is 5.91 Å². The largest absolute Gasteiger partial charge is 0.370 e. The number of hydrogen-bond donors (Lipinski definition) is 1. The van der Waals surface area contributed by atoms with Crippen molar-refractivity contribution in [2.24, 2.45) is 0 Å².